The molecule has 0 saturated carbocycles. The minimum Gasteiger partial charge on any atom is -0.289 e. The molecule has 0 radical (unpaired) electrons. The van der Waals surface area contributed by atoms with E-state index < -0.39 is 8.07 Å². The van der Waals surface area contributed by atoms with Gasteiger partial charge in [-0.15, -0.1) is 5.54 Å². The van der Waals surface area contributed by atoms with E-state index in [0.717, 1.165) is 0 Å². The Morgan fingerprint density at radius 2 is 1.29 bits per heavy atom. The van der Waals surface area contributed by atoms with E-state index >= 15 is 0 Å². The van der Waals surface area contributed by atoms with E-state index in [-0.39, 0.29) is 5.04 Å². The van der Waals surface area contributed by atoms with Crippen LogP contribution in [0.1, 0.15) is 20.8 Å². The molecule has 2 aromatic carbocycles. The molecule has 0 bridgehead atoms. The van der Waals surface area contributed by atoms with Crippen LogP contribution in [-0.2, 0) is 4.79 Å². The average Bonchev–Trinajstić information content (AvgIpc) is 2.49. The maximum Gasteiger partial charge on any atom is 0.205 e. The van der Waals surface area contributed by atoms with Crippen LogP contribution in [0.3, 0.4) is 0 Å². The summed E-state index contributed by atoms with van der Waals surface area (Å²) in [5, 5.41) is 2.47. The van der Waals surface area contributed by atoms with Gasteiger partial charge in [0.2, 0.25) is 8.07 Å². The number of hydrogen-bond acceptors (Lipinski definition) is 1. The fraction of sp³-hybridized carbons (Fsp3) is 0.211. The van der Waals surface area contributed by atoms with Gasteiger partial charge in [-0.2, -0.15) is 0 Å². The maximum absolute atomic E-state index is 10.9. The molecule has 0 heterocycles. The molecule has 2 rings (SSSR count). The second-order valence-electron chi connectivity index (χ2n) is 6.12. The average molecular weight is 292 g/mol. The van der Waals surface area contributed by atoms with Gasteiger partial charge in [-0.05, 0) is 21.3 Å². The smallest absolute Gasteiger partial charge is 0.205 e. The lowest BCUT2D eigenvalue weighted by molar-refractivity contribution is -0.103. The van der Waals surface area contributed by atoms with E-state index in [1.54, 1.807) is 0 Å². The predicted octanol–water partition coefficient (Wildman–Crippen LogP) is 2.79. The second kappa shape index (κ2) is 6.11. The zero-order valence-electron chi connectivity index (χ0n) is 12.8. The van der Waals surface area contributed by atoms with Crippen LogP contribution in [-0.4, -0.2) is 14.4 Å². The number of carbonyl (C=O) groups excluding carboxylic acids is 1. The molecule has 21 heavy (non-hydrogen) atoms. The van der Waals surface area contributed by atoms with Gasteiger partial charge in [-0.1, -0.05) is 81.4 Å². The molecule has 0 atom stereocenters. The Morgan fingerprint density at radius 3 is 1.62 bits per heavy atom. The third-order valence-electron chi connectivity index (χ3n) is 3.86. The summed E-state index contributed by atoms with van der Waals surface area (Å²) in [6, 6.07) is 20.8. The first-order valence-corrected chi connectivity index (χ1v) is 9.10. The Bertz CT molecular complexity index is 618. The summed E-state index contributed by atoms with van der Waals surface area (Å²) in [6.07, 6.45) is 0.708. The van der Waals surface area contributed by atoms with Crippen molar-refractivity contribution < 1.29 is 4.79 Å². The van der Waals surface area contributed by atoms with Gasteiger partial charge < -0.3 is 0 Å². The van der Waals surface area contributed by atoms with Gasteiger partial charge in [0.25, 0.3) is 0 Å². The summed E-state index contributed by atoms with van der Waals surface area (Å²) in [5.74, 6) is 2.72. The predicted molar refractivity (Wildman–Crippen MR) is 91.5 cm³/mol. The standard InChI is InChI=1S/C19H20OSi/c1-19(2,3)21(16-10-15-20,17-11-6-4-7-12-17)18-13-8-5-9-14-18/h4-9,11-15H,1-3H3. The molecule has 106 valence electrons. The fourth-order valence-corrected chi connectivity index (χ4v) is 7.27. The summed E-state index contributed by atoms with van der Waals surface area (Å²) in [7, 11) is -2.36. The van der Waals surface area contributed by atoms with Gasteiger partial charge in [-0.25, -0.2) is 0 Å². The van der Waals surface area contributed by atoms with Gasteiger partial charge in [0.15, 0.2) is 6.29 Å². The first kappa shape index (κ1) is 15.3. The molecule has 0 spiro atoms. The second-order valence-corrected chi connectivity index (χ2v) is 10.5. The van der Waals surface area contributed by atoms with E-state index in [0.29, 0.717) is 6.29 Å². The molecule has 0 aliphatic carbocycles. The van der Waals surface area contributed by atoms with E-state index in [2.05, 4.69) is 56.5 Å². The largest absolute Gasteiger partial charge is 0.289 e. The van der Waals surface area contributed by atoms with E-state index in [9.17, 15) is 4.79 Å². The summed E-state index contributed by atoms with van der Waals surface area (Å²) < 4.78 is 0. The van der Waals surface area contributed by atoms with Crippen molar-refractivity contribution in [1.29, 1.82) is 0 Å². The van der Waals surface area contributed by atoms with Crippen LogP contribution in [0.15, 0.2) is 60.7 Å². The molecule has 0 aromatic heterocycles. The highest BCUT2D eigenvalue weighted by molar-refractivity contribution is 7.10. The third kappa shape index (κ3) is 2.84. The minimum absolute atomic E-state index is 0.0221. The monoisotopic (exact) mass is 292 g/mol. The topological polar surface area (TPSA) is 17.1 Å². The first-order chi connectivity index (χ1) is 10.0. The molecule has 0 aliphatic rings. The van der Waals surface area contributed by atoms with Gasteiger partial charge in [0, 0.05) is 0 Å². The lowest BCUT2D eigenvalue weighted by Gasteiger charge is -2.39. The minimum atomic E-state index is -2.36. The highest BCUT2D eigenvalue weighted by Crippen LogP contribution is 2.35. The van der Waals surface area contributed by atoms with Gasteiger partial charge in [0.05, 0.1) is 0 Å². The Labute approximate surface area is 128 Å². The van der Waals surface area contributed by atoms with Crippen molar-refractivity contribution in [1.82, 2.24) is 0 Å². The highest BCUT2D eigenvalue weighted by Gasteiger charge is 2.46. The van der Waals surface area contributed by atoms with Gasteiger partial charge >= 0.3 is 0 Å². The van der Waals surface area contributed by atoms with Crippen molar-refractivity contribution in [2.45, 2.75) is 25.8 Å². The van der Waals surface area contributed by atoms with Crippen molar-refractivity contribution in [2.75, 3.05) is 0 Å². The molecular formula is C19H20OSi. The molecule has 0 unspecified atom stereocenters. The summed E-state index contributed by atoms with van der Waals surface area (Å²) in [4.78, 5) is 10.9. The van der Waals surface area contributed by atoms with E-state index in [1.807, 2.05) is 36.4 Å². The zero-order valence-corrected chi connectivity index (χ0v) is 13.8. The molecule has 2 heteroatoms. The molecule has 0 fully saturated rings. The molecule has 0 saturated heterocycles. The van der Waals surface area contributed by atoms with Crippen LogP contribution in [0.5, 0.6) is 0 Å². The number of benzene rings is 2. The van der Waals surface area contributed by atoms with Crippen LogP contribution < -0.4 is 10.4 Å². The normalized spacial score (nSPS) is 11.4. The number of rotatable bonds is 2. The van der Waals surface area contributed by atoms with Crippen molar-refractivity contribution in [3.8, 4) is 11.5 Å². The third-order valence-corrected chi connectivity index (χ3v) is 9.03. The molecule has 0 amide bonds. The number of aldehydes is 1. The zero-order chi connectivity index (χ0) is 15.3. The lowest BCUT2D eigenvalue weighted by Crippen LogP contribution is -2.63. The molecule has 2 aromatic rings. The Morgan fingerprint density at radius 1 is 0.857 bits per heavy atom. The van der Waals surface area contributed by atoms with E-state index in [4.69, 9.17) is 0 Å². The van der Waals surface area contributed by atoms with Crippen LogP contribution in [0, 0.1) is 11.5 Å². The number of hydrogen-bond donors (Lipinski definition) is 0. The molecule has 0 aliphatic heterocycles. The Hall–Kier alpha value is -2.11. The van der Waals surface area contributed by atoms with Crippen molar-refractivity contribution in [3.05, 3.63) is 60.7 Å². The van der Waals surface area contributed by atoms with E-state index in [1.165, 1.54) is 10.4 Å². The van der Waals surface area contributed by atoms with Crippen molar-refractivity contribution >= 4 is 24.7 Å². The molecule has 1 nitrogen and oxygen atoms in total. The SMILES string of the molecule is CC(C)(C)[Si](C#CC=O)(c1ccccc1)c1ccccc1. The van der Waals surface area contributed by atoms with Crippen LogP contribution in [0.25, 0.3) is 0 Å². The number of carbonyl (C=O) groups is 1. The summed E-state index contributed by atoms with van der Waals surface area (Å²) in [6.45, 7) is 6.66. The van der Waals surface area contributed by atoms with Crippen molar-refractivity contribution in [2.24, 2.45) is 0 Å². The van der Waals surface area contributed by atoms with Crippen LogP contribution in [0.4, 0.5) is 0 Å². The molecular weight excluding hydrogens is 272 g/mol. The van der Waals surface area contributed by atoms with Crippen LogP contribution in [0.2, 0.25) is 5.04 Å². The Kier molecular flexibility index (Phi) is 4.45. The highest BCUT2D eigenvalue weighted by atomic mass is 28.3. The maximum atomic E-state index is 10.9. The van der Waals surface area contributed by atoms with Crippen LogP contribution >= 0.6 is 0 Å². The van der Waals surface area contributed by atoms with Gasteiger partial charge in [-0.3, -0.25) is 4.79 Å². The summed E-state index contributed by atoms with van der Waals surface area (Å²) >= 11 is 0. The quantitative estimate of drug-likeness (QED) is 0.472. The fourth-order valence-electron chi connectivity index (χ4n) is 2.88. The summed E-state index contributed by atoms with van der Waals surface area (Å²) in [5.41, 5.74) is 3.38. The van der Waals surface area contributed by atoms with Crippen molar-refractivity contribution in [3.63, 3.8) is 0 Å². The lowest BCUT2D eigenvalue weighted by atomic mass is 10.2. The van der Waals surface area contributed by atoms with Gasteiger partial charge in [0.1, 0.15) is 0 Å². The Balaban J connectivity index is 2.82. The first-order valence-electron chi connectivity index (χ1n) is 7.10. The molecule has 0 N–H and O–H groups in total.